The van der Waals surface area contributed by atoms with Gasteiger partial charge >= 0.3 is 0 Å². The Morgan fingerprint density at radius 2 is 1.68 bits per heavy atom. The summed E-state index contributed by atoms with van der Waals surface area (Å²) in [6.07, 6.45) is 5.53. The molecule has 5 heteroatoms. The van der Waals surface area contributed by atoms with Crippen molar-refractivity contribution in [3.63, 3.8) is 0 Å². The van der Waals surface area contributed by atoms with Gasteiger partial charge in [-0.2, -0.15) is 0 Å². The molecule has 2 N–H and O–H groups in total. The van der Waals surface area contributed by atoms with Gasteiger partial charge in [0.1, 0.15) is 5.82 Å². The number of benzene rings is 2. The van der Waals surface area contributed by atoms with E-state index in [0.29, 0.717) is 11.3 Å². The summed E-state index contributed by atoms with van der Waals surface area (Å²) in [5, 5.41) is 5.68. The first-order chi connectivity index (χ1) is 12.1. The van der Waals surface area contributed by atoms with Crippen LogP contribution in [0.15, 0.2) is 48.5 Å². The zero-order valence-corrected chi connectivity index (χ0v) is 13.9. The van der Waals surface area contributed by atoms with Crippen LogP contribution in [0.25, 0.3) is 0 Å². The van der Waals surface area contributed by atoms with Crippen LogP contribution in [0.4, 0.5) is 10.1 Å². The molecule has 1 fully saturated rings. The van der Waals surface area contributed by atoms with Crippen molar-refractivity contribution in [1.29, 1.82) is 0 Å². The van der Waals surface area contributed by atoms with E-state index in [1.807, 2.05) is 0 Å². The van der Waals surface area contributed by atoms with E-state index in [-0.39, 0.29) is 17.5 Å². The molecule has 2 aromatic rings. The summed E-state index contributed by atoms with van der Waals surface area (Å²) < 4.78 is 13.7. The lowest BCUT2D eigenvalue weighted by molar-refractivity contribution is 0.0926. The SMILES string of the molecule is O=C(NC1CCCCC1)c1cccc(NC(=O)c2ccccc2F)c1. The fraction of sp³-hybridized carbons (Fsp3) is 0.300. The van der Waals surface area contributed by atoms with Gasteiger partial charge in [0.2, 0.25) is 0 Å². The fourth-order valence-corrected chi connectivity index (χ4v) is 3.10. The second-order valence-electron chi connectivity index (χ2n) is 6.32. The van der Waals surface area contributed by atoms with Crippen LogP contribution in [0.3, 0.4) is 0 Å². The van der Waals surface area contributed by atoms with E-state index in [2.05, 4.69) is 10.6 Å². The first-order valence-electron chi connectivity index (χ1n) is 8.60. The zero-order chi connectivity index (χ0) is 17.6. The van der Waals surface area contributed by atoms with Crippen LogP contribution >= 0.6 is 0 Å². The van der Waals surface area contributed by atoms with Crippen LogP contribution < -0.4 is 10.6 Å². The molecule has 0 unspecified atom stereocenters. The second-order valence-corrected chi connectivity index (χ2v) is 6.32. The first-order valence-corrected chi connectivity index (χ1v) is 8.60. The van der Waals surface area contributed by atoms with Crippen molar-refractivity contribution >= 4 is 17.5 Å². The maximum atomic E-state index is 13.7. The number of anilines is 1. The standard InChI is InChI=1S/C20H21FN2O2/c21-18-12-5-4-11-17(18)20(25)23-16-10-6-7-14(13-16)19(24)22-15-8-2-1-3-9-15/h4-7,10-13,15H,1-3,8-9H2,(H,22,24)(H,23,25). The molecule has 130 valence electrons. The van der Waals surface area contributed by atoms with Gasteiger partial charge in [0.15, 0.2) is 0 Å². The first kappa shape index (κ1) is 17.1. The van der Waals surface area contributed by atoms with Crippen LogP contribution in [0, 0.1) is 5.82 Å². The van der Waals surface area contributed by atoms with E-state index in [0.717, 1.165) is 25.7 Å². The third-order valence-electron chi connectivity index (χ3n) is 4.44. The highest BCUT2D eigenvalue weighted by Gasteiger charge is 2.17. The molecule has 0 aromatic heterocycles. The highest BCUT2D eigenvalue weighted by molar-refractivity contribution is 6.05. The van der Waals surface area contributed by atoms with Gasteiger partial charge in [0.05, 0.1) is 5.56 Å². The van der Waals surface area contributed by atoms with Crippen molar-refractivity contribution in [3.05, 3.63) is 65.5 Å². The molecule has 0 bridgehead atoms. The summed E-state index contributed by atoms with van der Waals surface area (Å²) in [5.41, 5.74) is 0.918. The van der Waals surface area contributed by atoms with Crippen LogP contribution in [0.1, 0.15) is 52.8 Å². The Morgan fingerprint density at radius 1 is 0.920 bits per heavy atom. The molecule has 4 nitrogen and oxygen atoms in total. The molecule has 0 radical (unpaired) electrons. The van der Waals surface area contributed by atoms with E-state index < -0.39 is 11.7 Å². The summed E-state index contributed by atoms with van der Waals surface area (Å²) in [7, 11) is 0. The van der Waals surface area contributed by atoms with Crippen LogP contribution in [-0.2, 0) is 0 Å². The Kier molecular flexibility index (Phi) is 5.43. The quantitative estimate of drug-likeness (QED) is 0.879. The molecule has 2 amide bonds. The van der Waals surface area contributed by atoms with E-state index in [1.54, 1.807) is 30.3 Å². The Morgan fingerprint density at radius 3 is 2.44 bits per heavy atom. The predicted molar refractivity (Wildman–Crippen MR) is 95.1 cm³/mol. The monoisotopic (exact) mass is 340 g/mol. The molecular weight excluding hydrogens is 319 g/mol. The van der Waals surface area contributed by atoms with Gasteiger partial charge in [-0.3, -0.25) is 9.59 Å². The molecule has 0 heterocycles. The second kappa shape index (κ2) is 7.92. The summed E-state index contributed by atoms with van der Waals surface area (Å²) >= 11 is 0. The van der Waals surface area contributed by atoms with E-state index in [1.165, 1.54) is 24.6 Å². The van der Waals surface area contributed by atoms with Gasteiger partial charge in [-0.25, -0.2) is 4.39 Å². The Hall–Kier alpha value is -2.69. The third-order valence-corrected chi connectivity index (χ3v) is 4.44. The lowest BCUT2D eigenvalue weighted by Crippen LogP contribution is -2.36. The molecule has 0 spiro atoms. The molecule has 0 aliphatic heterocycles. The number of halogens is 1. The Balaban J connectivity index is 1.67. The smallest absolute Gasteiger partial charge is 0.258 e. The molecule has 1 saturated carbocycles. The van der Waals surface area contributed by atoms with Gasteiger partial charge in [0.25, 0.3) is 11.8 Å². The number of rotatable bonds is 4. The van der Waals surface area contributed by atoms with Crippen molar-refractivity contribution in [2.24, 2.45) is 0 Å². The van der Waals surface area contributed by atoms with Crippen molar-refractivity contribution in [2.75, 3.05) is 5.32 Å². The van der Waals surface area contributed by atoms with Gasteiger partial charge in [0, 0.05) is 17.3 Å². The summed E-state index contributed by atoms with van der Waals surface area (Å²) in [6, 6.07) is 12.7. The number of amides is 2. The highest BCUT2D eigenvalue weighted by atomic mass is 19.1. The van der Waals surface area contributed by atoms with Crippen molar-refractivity contribution in [3.8, 4) is 0 Å². The normalized spacial score (nSPS) is 14.8. The number of carbonyl (C=O) groups is 2. The minimum atomic E-state index is -0.578. The maximum Gasteiger partial charge on any atom is 0.258 e. The van der Waals surface area contributed by atoms with E-state index in [4.69, 9.17) is 0 Å². The topological polar surface area (TPSA) is 58.2 Å². The van der Waals surface area contributed by atoms with Crippen molar-refractivity contribution in [2.45, 2.75) is 38.1 Å². The van der Waals surface area contributed by atoms with Crippen molar-refractivity contribution < 1.29 is 14.0 Å². The molecule has 3 rings (SSSR count). The molecule has 0 atom stereocenters. The van der Waals surface area contributed by atoms with Crippen LogP contribution in [0.2, 0.25) is 0 Å². The largest absolute Gasteiger partial charge is 0.349 e. The summed E-state index contributed by atoms with van der Waals surface area (Å²) in [5.74, 6) is -1.26. The van der Waals surface area contributed by atoms with Gasteiger partial charge in [-0.15, -0.1) is 0 Å². The van der Waals surface area contributed by atoms with Crippen LogP contribution in [0.5, 0.6) is 0 Å². The van der Waals surface area contributed by atoms with Gasteiger partial charge < -0.3 is 10.6 Å². The number of carbonyl (C=O) groups excluding carboxylic acids is 2. The average molecular weight is 340 g/mol. The minimum absolute atomic E-state index is 0.0282. The minimum Gasteiger partial charge on any atom is -0.349 e. The molecule has 25 heavy (non-hydrogen) atoms. The highest BCUT2D eigenvalue weighted by Crippen LogP contribution is 2.19. The average Bonchev–Trinajstić information content (AvgIpc) is 2.63. The molecule has 2 aromatic carbocycles. The number of nitrogens with one attached hydrogen (secondary N) is 2. The third kappa shape index (κ3) is 4.44. The molecule has 1 aliphatic rings. The van der Waals surface area contributed by atoms with Gasteiger partial charge in [-0.1, -0.05) is 37.5 Å². The fourth-order valence-electron chi connectivity index (χ4n) is 3.10. The predicted octanol–water partition coefficient (Wildman–Crippen LogP) is 4.14. The Bertz CT molecular complexity index is 770. The van der Waals surface area contributed by atoms with Gasteiger partial charge in [-0.05, 0) is 43.2 Å². The molecule has 0 saturated heterocycles. The zero-order valence-electron chi connectivity index (χ0n) is 13.9. The summed E-state index contributed by atoms with van der Waals surface area (Å²) in [4.78, 5) is 24.6. The lowest BCUT2D eigenvalue weighted by Gasteiger charge is -2.22. The molecular formula is C20H21FN2O2. The number of hydrogen-bond acceptors (Lipinski definition) is 2. The van der Waals surface area contributed by atoms with Crippen molar-refractivity contribution in [1.82, 2.24) is 5.32 Å². The van der Waals surface area contributed by atoms with Crippen LogP contribution in [-0.4, -0.2) is 17.9 Å². The van der Waals surface area contributed by atoms with E-state index >= 15 is 0 Å². The lowest BCUT2D eigenvalue weighted by atomic mass is 9.95. The summed E-state index contributed by atoms with van der Waals surface area (Å²) in [6.45, 7) is 0. The number of hydrogen-bond donors (Lipinski definition) is 2. The van der Waals surface area contributed by atoms with E-state index in [9.17, 15) is 14.0 Å². The maximum absolute atomic E-state index is 13.7. The Labute approximate surface area is 146 Å². The molecule has 1 aliphatic carbocycles.